The molecule has 3 aliphatic rings. The number of amides is 2. The normalized spacial score (nSPS) is 20.8. The number of likely N-dealkylation sites (N-methyl/N-ethyl adjacent to an activating group) is 1. The molecule has 1 saturated carbocycles. The standard InChI is InChI=1S/C22H31N3O3/c1-23-9-2-10-24(12-11-23)21(26)8-4-17-3-7-20-19(15-17)16-25(13-14-28-20)22(27)18-5-6-18/h3,7,15,18H,2,4-6,8-14,16H2,1H3. The van der Waals surface area contributed by atoms with Crippen molar-refractivity contribution in [3.8, 4) is 5.75 Å². The molecule has 0 spiro atoms. The number of rotatable bonds is 4. The molecule has 0 N–H and O–H groups in total. The quantitative estimate of drug-likeness (QED) is 0.795. The topological polar surface area (TPSA) is 53.1 Å². The van der Waals surface area contributed by atoms with Gasteiger partial charge in [-0.15, -0.1) is 0 Å². The SMILES string of the molecule is CN1CCCN(C(=O)CCc2ccc3c(c2)CN(C(=O)C2CC2)CCO3)CC1. The Hall–Kier alpha value is -2.08. The molecule has 4 rings (SSSR count). The van der Waals surface area contributed by atoms with Crippen LogP contribution in [0.1, 0.15) is 36.8 Å². The van der Waals surface area contributed by atoms with Crippen molar-refractivity contribution in [2.45, 2.75) is 38.6 Å². The zero-order valence-corrected chi connectivity index (χ0v) is 16.9. The van der Waals surface area contributed by atoms with Gasteiger partial charge >= 0.3 is 0 Å². The third-order valence-electron chi connectivity index (χ3n) is 6.04. The summed E-state index contributed by atoms with van der Waals surface area (Å²) in [5, 5.41) is 0. The van der Waals surface area contributed by atoms with Crippen LogP contribution >= 0.6 is 0 Å². The maximum absolute atomic E-state index is 12.6. The van der Waals surface area contributed by atoms with Crippen molar-refractivity contribution in [2.24, 2.45) is 5.92 Å². The van der Waals surface area contributed by atoms with E-state index >= 15 is 0 Å². The molecule has 0 bridgehead atoms. The van der Waals surface area contributed by atoms with E-state index in [-0.39, 0.29) is 17.7 Å². The fourth-order valence-electron chi connectivity index (χ4n) is 4.09. The molecule has 2 fully saturated rings. The van der Waals surface area contributed by atoms with E-state index < -0.39 is 0 Å². The van der Waals surface area contributed by atoms with Gasteiger partial charge in [-0.1, -0.05) is 12.1 Å². The first-order chi connectivity index (χ1) is 13.6. The molecule has 2 aliphatic heterocycles. The van der Waals surface area contributed by atoms with Crippen molar-refractivity contribution in [1.82, 2.24) is 14.7 Å². The number of carbonyl (C=O) groups excluding carboxylic acids is 2. The number of fused-ring (bicyclic) bond motifs is 1. The number of nitrogens with zero attached hydrogens (tertiary/aromatic N) is 3. The molecule has 1 aromatic carbocycles. The van der Waals surface area contributed by atoms with Crippen LogP contribution in [0.25, 0.3) is 0 Å². The lowest BCUT2D eigenvalue weighted by atomic mass is 10.0. The number of ether oxygens (including phenoxy) is 1. The highest BCUT2D eigenvalue weighted by molar-refractivity contribution is 5.81. The van der Waals surface area contributed by atoms with Gasteiger partial charge < -0.3 is 19.4 Å². The van der Waals surface area contributed by atoms with Crippen LogP contribution in [0.3, 0.4) is 0 Å². The molecule has 2 heterocycles. The van der Waals surface area contributed by atoms with E-state index in [0.717, 1.165) is 68.7 Å². The van der Waals surface area contributed by atoms with Gasteiger partial charge in [0.25, 0.3) is 0 Å². The molecule has 152 valence electrons. The Kier molecular flexibility index (Phi) is 5.85. The van der Waals surface area contributed by atoms with Gasteiger partial charge in [-0.3, -0.25) is 9.59 Å². The summed E-state index contributed by atoms with van der Waals surface area (Å²) in [4.78, 5) is 31.3. The second-order valence-corrected chi connectivity index (χ2v) is 8.36. The zero-order valence-electron chi connectivity index (χ0n) is 16.9. The average Bonchev–Trinajstić information content (AvgIpc) is 3.54. The van der Waals surface area contributed by atoms with E-state index in [1.807, 2.05) is 15.9 Å². The van der Waals surface area contributed by atoms with Crippen LogP contribution in [0.15, 0.2) is 18.2 Å². The number of aryl methyl sites for hydroxylation is 1. The molecule has 1 saturated heterocycles. The summed E-state index contributed by atoms with van der Waals surface area (Å²) in [7, 11) is 2.11. The Balaban J connectivity index is 1.36. The van der Waals surface area contributed by atoms with Gasteiger partial charge in [-0.05, 0) is 50.9 Å². The van der Waals surface area contributed by atoms with Gasteiger partial charge in [0, 0.05) is 44.1 Å². The number of benzene rings is 1. The minimum absolute atomic E-state index is 0.232. The summed E-state index contributed by atoms with van der Waals surface area (Å²) in [6.45, 7) is 5.52. The highest BCUT2D eigenvalue weighted by Crippen LogP contribution is 2.33. The summed E-state index contributed by atoms with van der Waals surface area (Å²) in [6, 6.07) is 6.18. The molecule has 0 atom stereocenters. The van der Waals surface area contributed by atoms with E-state index in [2.05, 4.69) is 24.1 Å². The van der Waals surface area contributed by atoms with Crippen LogP contribution in [-0.4, -0.2) is 72.9 Å². The average molecular weight is 386 g/mol. The van der Waals surface area contributed by atoms with Gasteiger partial charge in [-0.2, -0.15) is 0 Å². The van der Waals surface area contributed by atoms with Crippen LogP contribution < -0.4 is 4.74 Å². The summed E-state index contributed by atoms with van der Waals surface area (Å²) >= 11 is 0. The molecule has 6 nitrogen and oxygen atoms in total. The Labute approximate surface area is 167 Å². The summed E-state index contributed by atoms with van der Waals surface area (Å²) in [5.41, 5.74) is 2.20. The predicted molar refractivity (Wildman–Crippen MR) is 107 cm³/mol. The smallest absolute Gasteiger partial charge is 0.226 e. The Morgan fingerprint density at radius 2 is 1.93 bits per heavy atom. The first-order valence-electron chi connectivity index (χ1n) is 10.6. The molecule has 0 unspecified atom stereocenters. The highest BCUT2D eigenvalue weighted by Gasteiger charge is 2.34. The summed E-state index contributed by atoms with van der Waals surface area (Å²) in [5.74, 6) is 1.61. The highest BCUT2D eigenvalue weighted by atomic mass is 16.5. The van der Waals surface area contributed by atoms with Crippen molar-refractivity contribution in [3.05, 3.63) is 29.3 Å². The number of hydrogen-bond acceptors (Lipinski definition) is 4. The first kappa shape index (κ1) is 19.2. The van der Waals surface area contributed by atoms with Crippen LogP contribution in [-0.2, 0) is 22.6 Å². The van der Waals surface area contributed by atoms with E-state index in [9.17, 15) is 9.59 Å². The van der Waals surface area contributed by atoms with Crippen LogP contribution in [0.4, 0.5) is 0 Å². The van der Waals surface area contributed by atoms with Crippen molar-refractivity contribution >= 4 is 11.8 Å². The van der Waals surface area contributed by atoms with Crippen molar-refractivity contribution in [1.29, 1.82) is 0 Å². The molecule has 1 aromatic rings. The van der Waals surface area contributed by atoms with Gasteiger partial charge in [-0.25, -0.2) is 0 Å². The fraction of sp³-hybridized carbons (Fsp3) is 0.636. The van der Waals surface area contributed by atoms with Gasteiger partial charge in [0.05, 0.1) is 6.54 Å². The molecular formula is C22H31N3O3. The lowest BCUT2D eigenvalue weighted by molar-refractivity contribution is -0.133. The van der Waals surface area contributed by atoms with Crippen molar-refractivity contribution in [2.75, 3.05) is 46.4 Å². The predicted octanol–water partition coefficient (Wildman–Crippen LogP) is 1.91. The number of hydrogen-bond donors (Lipinski definition) is 0. The molecule has 1 aliphatic carbocycles. The maximum Gasteiger partial charge on any atom is 0.226 e. The molecule has 0 radical (unpaired) electrons. The van der Waals surface area contributed by atoms with E-state index in [4.69, 9.17) is 4.74 Å². The van der Waals surface area contributed by atoms with Gasteiger partial charge in [0.15, 0.2) is 0 Å². The zero-order chi connectivity index (χ0) is 19.5. The maximum atomic E-state index is 12.6. The number of carbonyl (C=O) groups is 2. The van der Waals surface area contributed by atoms with Crippen LogP contribution in [0.2, 0.25) is 0 Å². The summed E-state index contributed by atoms with van der Waals surface area (Å²) < 4.78 is 5.86. The van der Waals surface area contributed by atoms with Gasteiger partial charge in [0.1, 0.15) is 12.4 Å². The Morgan fingerprint density at radius 1 is 1.07 bits per heavy atom. The minimum atomic E-state index is 0.232. The van der Waals surface area contributed by atoms with Crippen LogP contribution in [0, 0.1) is 5.92 Å². The minimum Gasteiger partial charge on any atom is -0.491 e. The molecule has 0 aromatic heterocycles. The Morgan fingerprint density at radius 3 is 2.75 bits per heavy atom. The van der Waals surface area contributed by atoms with E-state index in [1.54, 1.807) is 0 Å². The molecule has 2 amide bonds. The second kappa shape index (κ2) is 8.52. The first-order valence-corrected chi connectivity index (χ1v) is 10.6. The molecule has 28 heavy (non-hydrogen) atoms. The largest absolute Gasteiger partial charge is 0.491 e. The fourth-order valence-corrected chi connectivity index (χ4v) is 4.09. The third-order valence-corrected chi connectivity index (χ3v) is 6.04. The Bertz CT molecular complexity index is 732. The lowest BCUT2D eigenvalue weighted by Gasteiger charge is -2.21. The monoisotopic (exact) mass is 385 g/mol. The van der Waals surface area contributed by atoms with Crippen LogP contribution in [0.5, 0.6) is 5.75 Å². The molecule has 6 heteroatoms. The lowest BCUT2D eigenvalue weighted by Crippen LogP contribution is -2.34. The van der Waals surface area contributed by atoms with Gasteiger partial charge in [0.2, 0.25) is 11.8 Å². The third kappa shape index (κ3) is 4.66. The second-order valence-electron chi connectivity index (χ2n) is 8.36. The summed E-state index contributed by atoms with van der Waals surface area (Å²) in [6.07, 6.45) is 4.36. The van der Waals surface area contributed by atoms with Crippen molar-refractivity contribution in [3.63, 3.8) is 0 Å². The van der Waals surface area contributed by atoms with E-state index in [1.165, 1.54) is 0 Å². The van der Waals surface area contributed by atoms with E-state index in [0.29, 0.717) is 26.1 Å². The van der Waals surface area contributed by atoms with Crippen molar-refractivity contribution < 1.29 is 14.3 Å². The molecular weight excluding hydrogens is 354 g/mol.